The first-order valence-corrected chi connectivity index (χ1v) is 14.2. The van der Waals surface area contributed by atoms with Gasteiger partial charge in [-0.1, -0.05) is 30.3 Å². The van der Waals surface area contributed by atoms with Crippen molar-refractivity contribution in [3.63, 3.8) is 0 Å². The van der Waals surface area contributed by atoms with Crippen LogP contribution < -0.4 is 4.90 Å². The van der Waals surface area contributed by atoms with Gasteiger partial charge in [0, 0.05) is 24.2 Å². The van der Waals surface area contributed by atoms with Crippen LogP contribution in [0, 0.1) is 11.7 Å². The lowest BCUT2D eigenvalue weighted by atomic mass is 9.97. The molecule has 0 spiro atoms. The predicted octanol–water partition coefficient (Wildman–Crippen LogP) is 4.23. The van der Waals surface area contributed by atoms with Gasteiger partial charge >= 0.3 is 5.97 Å². The molecule has 2 heterocycles. The molecule has 0 radical (unpaired) electrons. The van der Waals surface area contributed by atoms with Gasteiger partial charge in [0.25, 0.3) is 11.8 Å². The molecule has 0 unspecified atom stereocenters. The number of carbonyl (C=O) groups excluding carboxylic acids is 3. The molecule has 10 heteroatoms. The highest BCUT2D eigenvalue weighted by Crippen LogP contribution is 2.38. The number of halogens is 1. The molecular formula is C29H27FN2O6S. The van der Waals surface area contributed by atoms with E-state index >= 15 is 0 Å². The fraction of sp³-hybridized carbons (Fsp3) is 0.276. The summed E-state index contributed by atoms with van der Waals surface area (Å²) >= 11 is 0. The zero-order valence-corrected chi connectivity index (χ0v) is 22.1. The second-order valence-corrected chi connectivity index (χ2v) is 11.4. The molecule has 2 aliphatic rings. The quantitative estimate of drug-likeness (QED) is 0.441. The van der Waals surface area contributed by atoms with Crippen molar-refractivity contribution < 1.29 is 31.9 Å². The van der Waals surface area contributed by atoms with Gasteiger partial charge in [-0.25, -0.2) is 12.8 Å². The van der Waals surface area contributed by atoms with E-state index in [1.165, 1.54) is 64.4 Å². The lowest BCUT2D eigenvalue weighted by molar-refractivity contribution is -0.149. The molecule has 2 aliphatic heterocycles. The summed E-state index contributed by atoms with van der Waals surface area (Å²) < 4.78 is 47.2. The smallest absolute Gasteiger partial charge is 0.310 e. The van der Waals surface area contributed by atoms with Gasteiger partial charge in [-0.15, -0.1) is 0 Å². The number of anilines is 1. The van der Waals surface area contributed by atoms with Crippen molar-refractivity contribution in [3.05, 3.63) is 89.2 Å². The minimum Gasteiger partial charge on any atom is -0.466 e. The van der Waals surface area contributed by atoms with Crippen molar-refractivity contribution in [2.24, 2.45) is 5.92 Å². The van der Waals surface area contributed by atoms with E-state index in [1.54, 1.807) is 19.1 Å². The van der Waals surface area contributed by atoms with Crippen LogP contribution in [0.15, 0.2) is 76.5 Å². The molecule has 1 fully saturated rings. The Morgan fingerprint density at radius 1 is 1.03 bits per heavy atom. The second kappa shape index (κ2) is 10.6. The molecule has 2 amide bonds. The number of benzene rings is 3. The van der Waals surface area contributed by atoms with Crippen molar-refractivity contribution in [1.29, 1.82) is 0 Å². The Balaban J connectivity index is 1.59. The molecule has 202 valence electrons. The van der Waals surface area contributed by atoms with Crippen LogP contribution in [0.3, 0.4) is 0 Å². The number of hydrogen-bond donors (Lipinski definition) is 0. The average molecular weight is 551 g/mol. The van der Waals surface area contributed by atoms with Crippen LogP contribution in [-0.4, -0.2) is 50.8 Å². The van der Waals surface area contributed by atoms with Crippen molar-refractivity contribution in [2.75, 3.05) is 24.6 Å². The Kier molecular flexibility index (Phi) is 7.22. The zero-order valence-electron chi connectivity index (χ0n) is 21.3. The summed E-state index contributed by atoms with van der Waals surface area (Å²) in [6.45, 7) is 2.33. The van der Waals surface area contributed by atoms with Crippen LogP contribution in [0.4, 0.5) is 10.1 Å². The maximum absolute atomic E-state index is 14.6. The first kappa shape index (κ1) is 26.6. The lowest BCUT2D eigenvalue weighted by Gasteiger charge is -2.32. The minimum absolute atomic E-state index is 0.00995. The topological polar surface area (TPSA) is 101 Å². The predicted molar refractivity (Wildman–Crippen MR) is 141 cm³/mol. The number of carbonyl (C=O) groups is 3. The van der Waals surface area contributed by atoms with E-state index < -0.39 is 33.4 Å². The highest BCUT2D eigenvalue weighted by molar-refractivity contribution is 7.91. The number of esters is 1. The second-order valence-electron chi connectivity index (χ2n) is 9.51. The van der Waals surface area contributed by atoms with Crippen LogP contribution in [-0.2, 0) is 25.9 Å². The zero-order chi connectivity index (χ0) is 27.7. The summed E-state index contributed by atoms with van der Waals surface area (Å²) in [5.41, 5.74) is 0.305. The third-order valence-corrected chi connectivity index (χ3v) is 8.91. The van der Waals surface area contributed by atoms with E-state index in [2.05, 4.69) is 0 Å². The van der Waals surface area contributed by atoms with E-state index in [0.717, 1.165) is 0 Å². The maximum Gasteiger partial charge on any atom is 0.310 e. The number of piperidine rings is 1. The number of fused-ring (bicyclic) bond motifs is 2. The van der Waals surface area contributed by atoms with Gasteiger partial charge in [0.05, 0.1) is 40.1 Å². The number of ether oxygens (including phenoxy) is 1. The van der Waals surface area contributed by atoms with Crippen LogP contribution >= 0.6 is 0 Å². The number of nitrogens with zero attached hydrogens (tertiary/aromatic N) is 2. The molecule has 39 heavy (non-hydrogen) atoms. The average Bonchev–Trinajstić information content (AvgIpc) is 3.01. The lowest BCUT2D eigenvalue weighted by Crippen LogP contribution is -2.43. The van der Waals surface area contributed by atoms with Gasteiger partial charge in [0.1, 0.15) is 5.82 Å². The first-order chi connectivity index (χ1) is 18.7. The molecule has 3 aromatic carbocycles. The SMILES string of the molecule is CCOC(=O)[C@@H]1CCCN(C(=O)c2ccc3c(c2)N(Cc2ccccc2F)C(=O)c2ccccc2S3(=O)=O)C1. The Morgan fingerprint density at radius 3 is 2.54 bits per heavy atom. The summed E-state index contributed by atoms with van der Waals surface area (Å²) in [4.78, 5) is 42.0. The summed E-state index contributed by atoms with van der Waals surface area (Å²) in [5, 5.41) is 0. The molecule has 1 saturated heterocycles. The van der Waals surface area contributed by atoms with Crippen molar-refractivity contribution in [2.45, 2.75) is 36.1 Å². The van der Waals surface area contributed by atoms with Gasteiger partial charge < -0.3 is 14.5 Å². The van der Waals surface area contributed by atoms with E-state index in [1.807, 2.05) is 0 Å². The molecule has 3 aromatic rings. The molecule has 0 bridgehead atoms. The first-order valence-electron chi connectivity index (χ1n) is 12.7. The number of rotatable bonds is 5. The highest BCUT2D eigenvalue weighted by atomic mass is 32.2. The van der Waals surface area contributed by atoms with E-state index in [0.29, 0.717) is 19.4 Å². The number of amides is 2. The van der Waals surface area contributed by atoms with Crippen LogP contribution in [0.5, 0.6) is 0 Å². The van der Waals surface area contributed by atoms with E-state index in [-0.39, 0.29) is 57.8 Å². The van der Waals surface area contributed by atoms with Crippen molar-refractivity contribution in [1.82, 2.24) is 4.90 Å². The number of likely N-dealkylation sites (tertiary alicyclic amines) is 1. The molecule has 1 atom stereocenters. The van der Waals surface area contributed by atoms with E-state index in [9.17, 15) is 27.2 Å². The summed E-state index contributed by atoms with van der Waals surface area (Å²) in [6, 6.07) is 15.9. The van der Waals surface area contributed by atoms with Crippen LogP contribution in [0.2, 0.25) is 0 Å². The normalized spacial score (nSPS) is 18.1. The Hall–Kier alpha value is -4.05. The van der Waals surface area contributed by atoms with Crippen molar-refractivity contribution in [3.8, 4) is 0 Å². The minimum atomic E-state index is -4.14. The van der Waals surface area contributed by atoms with Gasteiger partial charge in [-0.2, -0.15) is 0 Å². The van der Waals surface area contributed by atoms with E-state index in [4.69, 9.17) is 4.74 Å². The van der Waals surface area contributed by atoms with Gasteiger partial charge in [-0.05, 0) is 56.2 Å². The standard InChI is InChI=1S/C29H27FN2O6S/c1-2-38-29(35)21-9-7-15-31(17-21)27(33)19-13-14-26-24(16-19)32(18-20-8-3-5-11-23(20)30)28(34)22-10-4-6-12-25(22)39(26,36)37/h3-6,8,10-14,16,21H,2,7,9,15,17-18H2,1H3/t21-/m1/s1. The Labute approximate surface area is 225 Å². The summed E-state index contributed by atoms with van der Waals surface area (Å²) in [5.74, 6) is -2.37. The largest absolute Gasteiger partial charge is 0.466 e. The van der Waals surface area contributed by atoms with Crippen LogP contribution in [0.25, 0.3) is 0 Å². The summed E-state index contributed by atoms with van der Waals surface area (Å²) in [6.07, 6.45) is 1.22. The van der Waals surface area contributed by atoms with Crippen molar-refractivity contribution >= 4 is 33.3 Å². The Bertz CT molecular complexity index is 1570. The van der Waals surface area contributed by atoms with Gasteiger partial charge in [-0.3, -0.25) is 14.4 Å². The maximum atomic E-state index is 14.6. The Morgan fingerprint density at radius 2 is 1.77 bits per heavy atom. The molecule has 0 N–H and O–H groups in total. The molecule has 0 aromatic heterocycles. The highest BCUT2D eigenvalue weighted by Gasteiger charge is 2.37. The molecule has 8 nitrogen and oxygen atoms in total. The monoisotopic (exact) mass is 550 g/mol. The molecule has 0 aliphatic carbocycles. The number of sulfone groups is 1. The third kappa shape index (κ3) is 4.92. The fourth-order valence-electron chi connectivity index (χ4n) is 5.09. The molecular weight excluding hydrogens is 523 g/mol. The van der Waals surface area contributed by atoms with Gasteiger partial charge in [0.2, 0.25) is 9.84 Å². The molecule has 0 saturated carbocycles. The fourth-order valence-corrected chi connectivity index (χ4v) is 6.72. The van der Waals surface area contributed by atoms with Crippen LogP contribution in [0.1, 0.15) is 46.0 Å². The number of hydrogen-bond acceptors (Lipinski definition) is 6. The molecule has 5 rings (SSSR count). The van der Waals surface area contributed by atoms with Gasteiger partial charge in [0.15, 0.2) is 0 Å². The summed E-state index contributed by atoms with van der Waals surface area (Å²) in [7, 11) is -4.14. The third-order valence-electron chi connectivity index (χ3n) is 7.05.